The van der Waals surface area contributed by atoms with Crippen LogP contribution in [0.3, 0.4) is 0 Å². The van der Waals surface area contributed by atoms with Crippen molar-refractivity contribution in [1.82, 2.24) is 19.7 Å². The second-order valence-corrected chi connectivity index (χ2v) is 7.58. The zero-order chi connectivity index (χ0) is 20.8. The average Bonchev–Trinajstić information content (AvgIpc) is 3.15. The van der Waals surface area contributed by atoms with E-state index in [9.17, 15) is 9.18 Å². The SMILES string of the molecule is CCn1c(SCC(=O)N(C)Cc2ccc(OC)c(F)c2)nnc1N1CCOCC1. The van der Waals surface area contributed by atoms with Crippen molar-refractivity contribution in [2.24, 2.45) is 0 Å². The predicted molar refractivity (Wildman–Crippen MR) is 109 cm³/mol. The summed E-state index contributed by atoms with van der Waals surface area (Å²) in [5.41, 5.74) is 0.704. The standard InChI is InChI=1S/C19H26FN5O3S/c1-4-25-18(24-7-9-28-10-8-24)21-22-19(25)29-13-17(26)23(2)12-14-5-6-16(27-3)15(20)11-14/h5-6,11H,4,7-10,12-13H2,1-3H3. The fraction of sp³-hybridized carbons (Fsp3) is 0.526. The number of morpholine rings is 1. The third-order valence-electron chi connectivity index (χ3n) is 4.69. The smallest absolute Gasteiger partial charge is 0.233 e. The van der Waals surface area contributed by atoms with Crippen molar-refractivity contribution in [3.63, 3.8) is 0 Å². The van der Waals surface area contributed by atoms with Crippen LogP contribution in [0.4, 0.5) is 10.3 Å². The van der Waals surface area contributed by atoms with Gasteiger partial charge in [0.1, 0.15) is 0 Å². The molecule has 1 aromatic carbocycles. The van der Waals surface area contributed by atoms with Crippen LogP contribution in [0.25, 0.3) is 0 Å². The van der Waals surface area contributed by atoms with Gasteiger partial charge in [0.25, 0.3) is 0 Å². The number of carbonyl (C=O) groups is 1. The number of benzene rings is 1. The minimum absolute atomic E-state index is 0.0650. The molecule has 0 saturated carbocycles. The number of aromatic nitrogens is 3. The van der Waals surface area contributed by atoms with Crippen LogP contribution < -0.4 is 9.64 Å². The first-order valence-corrected chi connectivity index (χ1v) is 10.5. The van der Waals surface area contributed by atoms with Gasteiger partial charge in [-0.2, -0.15) is 0 Å². The topological polar surface area (TPSA) is 72.7 Å². The molecule has 158 valence electrons. The molecular weight excluding hydrogens is 397 g/mol. The summed E-state index contributed by atoms with van der Waals surface area (Å²) in [6, 6.07) is 4.70. The Morgan fingerprint density at radius 2 is 2.10 bits per heavy atom. The van der Waals surface area contributed by atoms with Crippen LogP contribution in [0.2, 0.25) is 0 Å². The van der Waals surface area contributed by atoms with Crippen molar-refractivity contribution >= 4 is 23.6 Å². The second kappa shape index (κ2) is 9.93. The van der Waals surface area contributed by atoms with Gasteiger partial charge in [0.2, 0.25) is 11.9 Å². The average molecular weight is 424 g/mol. The normalized spacial score (nSPS) is 14.1. The molecule has 0 unspecified atom stereocenters. The maximum absolute atomic E-state index is 13.8. The van der Waals surface area contributed by atoms with Gasteiger partial charge in [-0.25, -0.2) is 4.39 Å². The largest absolute Gasteiger partial charge is 0.494 e. The van der Waals surface area contributed by atoms with Crippen LogP contribution >= 0.6 is 11.8 Å². The van der Waals surface area contributed by atoms with Gasteiger partial charge in [0.15, 0.2) is 16.7 Å². The first kappa shape index (κ1) is 21.4. The Morgan fingerprint density at radius 1 is 1.34 bits per heavy atom. The Balaban J connectivity index is 1.58. The lowest BCUT2D eigenvalue weighted by Gasteiger charge is -2.27. The molecule has 3 rings (SSSR count). The highest BCUT2D eigenvalue weighted by molar-refractivity contribution is 7.99. The van der Waals surface area contributed by atoms with E-state index in [2.05, 4.69) is 15.1 Å². The molecule has 0 atom stereocenters. The first-order valence-electron chi connectivity index (χ1n) is 9.48. The van der Waals surface area contributed by atoms with Gasteiger partial charge in [-0.3, -0.25) is 9.36 Å². The van der Waals surface area contributed by atoms with E-state index in [1.807, 2.05) is 11.5 Å². The number of carbonyl (C=O) groups excluding carboxylic acids is 1. The molecule has 1 fully saturated rings. The van der Waals surface area contributed by atoms with E-state index in [4.69, 9.17) is 9.47 Å². The Hall–Kier alpha value is -2.33. The molecule has 2 heterocycles. The van der Waals surface area contributed by atoms with Gasteiger partial charge in [-0.1, -0.05) is 17.8 Å². The van der Waals surface area contributed by atoms with Crippen LogP contribution in [0.5, 0.6) is 5.75 Å². The van der Waals surface area contributed by atoms with Gasteiger partial charge in [-0.15, -0.1) is 10.2 Å². The fourth-order valence-corrected chi connectivity index (χ4v) is 4.01. The Labute approximate surface area is 174 Å². The van der Waals surface area contributed by atoms with Crippen molar-refractivity contribution < 1.29 is 18.7 Å². The third-order valence-corrected chi connectivity index (χ3v) is 5.65. The molecule has 1 saturated heterocycles. The number of amides is 1. The van der Waals surface area contributed by atoms with E-state index >= 15 is 0 Å². The number of thioether (sulfide) groups is 1. The number of nitrogens with zero attached hydrogens (tertiary/aromatic N) is 5. The van der Waals surface area contributed by atoms with E-state index in [0.717, 1.165) is 25.6 Å². The number of anilines is 1. The monoisotopic (exact) mass is 423 g/mol. The number of methoxy groups -OCH3 is 1. The minimum atomic E-state index is -0.438. The minimum Gasteiger partial charge on any atom is -0.494 e. The summed E-state index contributed by atoms with van der Waals surface area (Å²) in [6.45, 7) is 5.98. The van der Waals surface area contributed by atoms with Crippen LogP contribution in [0, 0.1) is 5.82 Å². The molecule has 0 radical (unpaired) electrons. The lowest BCUT2D eigenvalue weighted by Crippen LogP contribution is -2.38. The molecular formula is C19H26FN5O3S. The van der Waals surface area contributed by atoms with E-state index in [0.29, 0.717) is 30.5 Å². The van der Waals surface area contributed by atoms with E-state index in [1.165, 1.54) is 24.9 Å². The van der Waals surface area contributed by atoms with Gasteiger partial charge in [0, 0.05) is 33.2 Å². The van der Waals surface area contributed by atoms with Crippen molar-refractivity contribution in [3.05, 3.63) is 29.6 Å². The molecule has 0 aliphatic carbocycles. The highest BCUT2D eigenvalue weighted by Crippen LogP contribution is 2.23. The first-order chi connectivity index (χ1) is 14.0. The molecule has 29 heavy (non-hydrogen) atoms. The quantitative estimate of drug-likeness (QED) is 0.602. The molecule has 10 heteroatoms. The number of rotatable bonds is 8. The van der Waals surface area contributed by atoms with Crippen LogP contribution in [0.15, 0.2) is 23.4 Å². The Morgan fingerprint density at radius 3 is 2.76 bits per heavy atom. The highest BCUT2D eigenvalue weighted by atomic mass is 32.2. The highest BCUT2D eigenvalue weighted by Gasteiger charge is 2.21. The summed E-state index contributed by atoms with van der Waals surface area (Å²) in [5, 5.41) is 9.29. The molecule has 1 aromatic heterocycles. The lowest BCUT2D eigenvalue weighted by atomic mass is 10.2. The molecule has 2 aromatic rings. The van der Waals surface area contributed by atoms with Gasteiger partial charge >= 0.3 is 0 Å². The van der Waals surface area contributed by atoms with Crippen molar-refractivity contribution in [3.8, 4) is 5.75 Å². The maximum Gasteiger partial charge on any atom is 0.233 e. The van der Waals surface area contributed by atoms with Crippen molar-refractivity contribution in [2.45, 2.75) is 25.2 Å². The molecule has 1 aliphatic heterocycles. The van der Waals surface area contributed by atoms with Crippen molar-refractivity contribution in [2.75, 3.05) is 51.1 Å². The third kappa shape index (κ3) is 5.18. The Kier molecular flexibility index (Phi) is 7.32. The number of hydrogen-bond acceptors (Lipinski definition) is 7. The lowest BCUT2D eigenvalue weighted by molar-refractivity contribution is -0.127. The number of halogens is 1. The molecule has 1 aliphatic rings. The van der Waals surface area contributed by atoms with E-state index < -0.39 is 5.82 Å². The maximum atomic E-state index is 13.8. The van der Waals surface area contributed by atoms with Crippen molar-refractivity contribution in [1.29, 1.82) is 0 Å². The van der Waals surface area contributed by atoms with Crippen LogP contribution in [-0.2, 0) is 22.6 Å². The summed E-state index contributed by atoms with van der Waals surface area (Å²) in [4.78, 5) is 16.3. The molecule has 1 amide bonds. The summed E-state index contributed by atoms with van der Waals surface area (Å²) < 4.78 is 26.2. The summed E-state index contributed by atoms with van der Waals surface area (Å²) >= 11 is 1.36. The Bertz CT molecular complexity index is 841. The number of ether oxygens (including phenoxy) is 2. The van der Waals surface area contributed by atoms with E-state index in [-0.39, 0.29) is 17.4 Å². The van der Waals surface area contributed by atoms with Gasteiger partial charge in [0.05, 0.1) is 26.1 Å². The van der Waals surface area contributed by atoms with Crippen LogP contribution in [-0.4, -0.2) is 71.8 Å². The fourth-order valence-electron chi connectivity index (χ4n) is 3.07. The zero-order valence-corrected chi connectivity index (χ0v) is 17.7. The summed E-state index contributed by atoms with van der Waals surface area (Å²) in [5.74, 6) is 0.730. The van der Waals surface area contributed by atoms with Gasteiger partial charge < -0.3 is 19.3 Å². The second-order valence-electron chi connectivity index (χ2n) is 6.63. The van der Waals surface area contributed by atoms with Crippen LogP contribution in [0.1, 0.15) is 12.5 Å². The van der Waals surface area contributed by atoms with E-state index in [1.54, 1.807) is 24.1 Å². The molecule has 0 N–H and O–H groups in total. The van der Waals surface area contributed by atoms with Gasteiger partial charge in [-0.05, 0) is 24.6 Å². The molecule has 0 spiro atoms. The predicted octanol–water partition coefficient (Wildman–Crippen LogP) is 2.03. The zero-order valence-electron chi connectivity index (χ0n) is 16.9. The molecule has 8 nitrogen and oxygen atoms in total. The summed E-state index contributed by atoms with van der Waals surface area (Å²) in [6.07, 6.45) is 0. The molecule has 0 bridgehead atoms. The number of hydrogen-bond donors (Lipinski definition) is 0. The summed E-state index contributed by atoms with van der Waals surface area (Å²) in [7, 11) is 3.12.